The van der Waals surface area contributed by atoms with Crippen molar-refractivity contribution in [2.24, 2.45) is 0 Å². The zero-order chi connectivity index (χ0) is 20.3. The number of halogens is 3. The van der Waals surface area contributed by atoms with E-state index in [1.807, 2.05) is 25.1 Å². The van der Waals surface area contributed by atoms with Gasteiger partial charge in [-0.2, -0.15) is 0 Å². The molecule has 0 aliphatic rings. The number of hydrogen-bond donors (Lipinski definition) is 0. The SMILES string of the molecule is CCSc1ccc(OC)cc1Cn1cnc2ccc(OC(F)(F)F)cc2c1=O. The highest BCUT2D eigenvalue weighted by Gasteiger charge is 2.31. The zero-order valence-electron chi connectivity index (χ0n) is 15.1. The lowest BCUT2D eigenvalue weighted by atomic mass is 10.2. The van der Waals surface area contributed by atoms with E-state index in [-0.39, 0.29) is 11.9 Å². The van der Waals surface area contributed by atoms with E-state index in [0.29, 0.717) is 11.3 Å². The van der Waals surface area contributed by atoms with Gasteiger partial charge in [0.15, 0.2) is 0 Å². The number of aromatic nitrogens is 2. The Balaban J connectivity index is 2.02. The molecular formula is C19H17F3N2O3S. The Hall–Kier alpha value is -2.68. The van der Waals surface area contributed by atoms with Crippen LogP contribution in [0.2, 0.25) is 0 Å². The number of hydrogen-bond acceptors (Lipinski definition) is 5. The van der Waals surface area contributed by atoms with E-state index < -0.39 is 17.7 Å². The van der Waals surface area contributed by atoms with Crippen molar-refractivity contribution in [2.75, 3.05) is 12.9 Å². The topological polar surface area (TPSA) is 53.4 Å². The lowest BCUT2D eigenvalue weighted by Gasteiger charge is -2.13. The van der Waals surface area contributed by atoms with Gasteiger partial charge in [-0.05, 0) is 47.7 Å². The molecular weight excluding hydrogens is 393 g/mol. The van der Waals surface area contributed by atoms with Crippen molar-refractivity contribution in [1.82, 2.24) is 9.55 Å². The van der Waals surface area contributed by atoms with Crippen molar-refractivity contribution in [2.45, 2.75) is 24.7 Å². The monoisotopic (exact) mass is 410 g/mol. The number of nitrogens with zero attached hydrogens (tertiary/aromatic N) is 2. The minimum Gasteiger partial charge on any atom is -0.497 e. The Morgan fingerprint density at radius 2 is 1.89 bits per heavy atom. The molecule has 0 atom stereocenters. The molecule has 1 aromatic heterocycles. The fourth-order valence-corrected chi connectivity index (χ4v) is 3.52. The van der Waals surface area contributed by atoms with Gasteiger partial charge < -0.3 is 9.47 Å². The molecule has 0 spiro atoms. The summed E-state index contributed by atoms with van der Waals surface area (Å²) < 4.78 is 47.9. The Morgan fingerprint density at radius 3 is 2.57 bits per heavy atom. The predicted octanol–water partition coefficient (Wildman–Crippen LogP) is 4.46. The molecule has 0 aliphatic heterocycles. The second kappa shape index (κ2) is 8.14. The highest BCUT2D eigenvalue weighted by molar-refractivity contribution is 7.99. The van der Waals surface area contributed by atoms with Crippen molar-refractivity contribution in [1.29, 1.82) is 0 Å². The van der Waals surface area contributed by atoms with Gasteiger partial charge in [0, 0.05) is 4.90 Å². The Morgan fingerprint density at radius 1 is 1.14 bits per heavy atom. The van der Waals surface area contributed by atoms with E-state index in [0.717, 1.165) is 28.3 Å². The first-order valence-corrected chi connectivity index (χ1v) is 9.34. The van der Waals surface area contributed by atoms with E-state index in [1.54, 1.807) is 18.9 Å². The van der Waals surface area contributed by atoms with E-state index in [9.17, 15) is 18.0 Å². The Kier molecular flexibility index (Phi) is 5.83. The summed E-state index contributed by atoms with van der Waals surface area (Å²) in [5, 5.41) is 0.0526. The summed E-state index contributed by atoms with van der Waals surface area (Å²) in [5.74, 6) is 1.04. The number of methoxy groups -OCH3 is 1. The quantitative estimate of drug-likeness (QED) is 0.562. The molecule has 5 nitrogen and oxygen atoms in total. The molecule has 148 valence electrons. The average molecular weight is 410 g/mol. The van der Waals surface area contributed by atoms with Gasteiger partial charge in [-0.1, -0.05) is 6.92 Å². The van der Waals surface area contributed by atoms with Crippen molar-refractivity contribution in [3.8, 4) is 11.5 Å². The van der Waals surface area contributed by atoms with Gasteiger partial charge in [-0.3, -0.25) is 9.36 Å². The normalized spacial score (nSPS) is 11.6. The van der Waals surface area contributed by atoms with Gasteiger partial charge in [-0.15, -0.1) is 24.9 Å². The van der Waals surface area contributed by atoms with Crippen LogP contribution in [0.4, 0.5) is 13.2 Å². The van der Waals surface area contributed by atoms with Crippen LogP contribution in [0, 0.1) is 0 Å². The van der Waals surface area contributed by atoms with Crippen molar-refractivity contribution < 1.29 is 22.6 Å². The molecule has 0 unspecified atom stereocenters. The standard InChI is InChI=1S/C19H17F3N2O3S/c1-3-28-17-7-5-13(26-2)8-12(17)10-24-11-23-16-6-4-14(27-19(20,21)22)9-15(16)18(24)25/h4-9,11H,3,10H2,1-2H3. The van der Waals surface area contributed by atoms with E-state index in [1.165, 1.54) is 17.0 Å². The average Bonchev–Trinajstić information content (AvgIpc) is 2.64. The van der Waals surface area contributed by atoms with Gasteiger partial charge in [0.25, 0.3) is 5.56 Å². The smallest absolute Gasteiger partial charge is 0.497 e. The van der Waals surface area contributed by atoms with Crippen LogP contribution in [0.5, 0.6) is 11.5 Å². The van der Waals surface area contributed by atoms with Gasteiger partial charge in [-0.25, -0.2) is 4.98 Å². The van der Waals surface area contributed by atoms with Crippen LogP contribution >= 0.6 is 11.8 Å². The highest BCUT2D eigenvalue weighted by atomic mass is 32.2. The minimum atomic E-state index is -4.83. The van der Waals surface area contributed by atoms with Crippen molar-refractivity contribution in [3.63, 3.8) is 0 Å². The molecule has 0 bridgehead atoms. The molecule has 3 rings (SSSR count). The van der Waals surface area contributed by atoms with Crippen LogP contribution in [0.15, 0.2) is 52.4 Å². The molecule has 0 radical (unpaired) electrons. The van der Waals surface area contributed by atoms with E-state index >= 15 is 0 Å². The molecule has 28 heavy (non-hydrogen) atoms. The number of fused-ring (bicyclic) bond motifs is 1. The number of ether oxygens (including phenoxy) is 2. The highest BCUT2D eigenvalue weighted by Crippen LogP contribution is 2.28. The number of benzene rings is 2. The fraction of sp³-hybridized carbons (Fsp3) is 0.263. The molecule has 0 N–H and O–H groups in total. The lowest BCUT2D eigenvalue weighted by molar-refractivity contribution is -0.274. The first-order valence-electron chi connectivity index (χ1n) is 8.35. The third kappa shape index (κ3) is 4.59. The largest absolute Gasteiger partial charge is 0.573 e. The Labute approximate surface area is 163 Å². The van der Waals surface area contributed by atoms with Crippen molar-refractivity contribution in [3.05, 3.63) is 58.6 Å². The van der Waals surface area contributed by atoms with E-state index in [2.05, 4.69) is 9.72 Å². The maximum Gasteiger partial charge on any atom is 0.573 e. The number of thioether (sulfide) groups is 1. The summed E-state index contributed by atoms with van der Waals surface area (Å²) in [4.78, 5) is 18.0. The van der Waals surface area contributed by atoms with Crippen LogP contribution in [0.25, 0.3) is 10.9 Å². The molecule has 0 saturated heterocycles. The second-order valence-electron chi connectivity index (χ2n) is 5.81. The fourth-order valence-electron chi connectivity index (χ4n) is 2.73. The minimum absolute atomic E-state index is 0.0526. The van der Waals surface area contributed by atoms with Crippen molar-refractivity contribution >= 4 is 22.7 Å². The van der Waals surface area contributed by atoms with Crippen LogP contribution < -0.4 is 15.0 Å². The molecule has 1 heterocycles. The first-order chi connectivity index (χ1) is 13.3. The van der Waals surface area contributed by atoms with Crippen LogP contribution in [-0.2, 0) is 6.54 Å². The third-order valence-corrected chi connectivity index (χ3v) is 4.94. The summed E-state index contributed by atoms with van der Waals surface area (Å²) in [5.41, 5.74) is 0.703. The second-order valence-corrected chi connectivity index (χ2v) is 7.12. The summed E-state index contributed by atoms with van der Waals surface area (Å²) in [6.07, 6.45) is -3.45. The van der Waals surface area contributed by atoms with Crippen LogP contribution in [0.3, 0.4) is 0 Å². The number of rotatable bonds is 6. The maximum absolute atomic E-state index is 12.8. The summed E-state index contributed by atoms with van der Waals surface area (Å²) in [6.45, 7) is 2.23. The van der Waals surface area contributed by atoms with Gasteiger partial charge in [0.05, 0.1) is 30.9 Å². The summed E-state index contributed by atoms with van der Waals surface area (Å²) in [7, 11) is 1.55. The molecule has 0 saturated carbocycles. The molecule has 2 aromatic carbocycles. The molecule has 0 aliphatic carbocycles. The Bertz CT molecular complexity index is 1050. The predicted molar refractivity (Wildman–Crippen MR) is 101 cm³/mol. The molecule has 9 heteroatoms. The van der Waals surface area contributed by atoms with Gasteiger partial charge in [0.1, 0.15) is 11.5 Å². The molecule has 3 aromatic rings. The van der Waals surface area contributed by atoms with Gasteiger partial charge >= 0.3 is 6.36 Å². The van der Waals surface area contributed by atoms with Crippen LogP contribution in [0.1, 0.15) is 12.5 Å². The number of alkyl halides is 3. The molecule has 0 fully saturated rings. The van der Waals surface area contributed by atoms with Crippen LogP contribution in [-0.4, -0.2) is 28.8 Å². The zero-order valence-corrected chi connectivity index (χ0v) is 15.9. The van der Waals surface area contributed by atoms with E-state index in [4.69, 9.17) is 4.74 Å². The molecule has 0 amide bonds. The third-order valence-electron chi connectivity index (χ3n) is 3.94. The summed E-state index contributed by atoms with van der Waals surface area (Å²) >= 11 is 1.62. The summed E-state index contributed by atoms with van der Waals surface area (Å²) in [6, 6.07) is 9.09. The first kappa shape index (κ1) is 20.1. The maximum atomic E-state index is 12.8. The van der Waals surface area contributed by atoms with Gasteiger partial charge in [0.2, 0.25) is 0 Å². The lowest BCUT2D eigenvalue weighted by Crippen LogP contribution is -2.22.